The van der Waals surface area contributed by atoms with E-state index in [1.54, 1.807) is 0 Å². The number of nitrogens with zero attached hydrogens (tertiary/aromatic N) is 4. The molecular formula is C9H14N4O4S. The van der Waals surface area contributed by atoms with Crippen LogP contribution in [0.4, 0.5) is 0 Å². The predicted molar refractivity (Wildman–Crippen MR) is 61.0 cm³/mol. The lowest BCUT2D eigenvalue weighted by molar-refractivity contribution is -0.137. The maximum absolute atomic E-state index is 11.7. The van der Waals surface area contributed by atoms with Crippen molar-refractivity contribution >= 4 is 16.0 Å². The van der Waals surface area contributed by atoms with Gasteiger partial charge in [0, 0.05) is 6.54 Å². The molecule has 100 valence electrons. The second-order valence-electron chi connectivity index (χ2n) is 4.48. The number of sulfonamides is 1. The molecule has 2 heterocycles. The smallest absolute Gasteiger partial charge is 0.325 e. The number of hydrogen-bond donors (Lipinski definition) is 1. The third kappa shape index (κ3) is 2.85. The SMILES string of the molecule is CC1CN(Cc2cn(CC(=O)O)nn2)S(=O)(=O)C1. The van der Waals surface area contributed by atoms with Crippen LogP contribution in [-0.2, 0) is 27.9 Å². The molecule has 0 radical (unpaired) electrons. The van der Waals surface area contributed by atoms with Crippen molar-refractivity contribution in [3.63, 3.8) is 0 Å². The first-order valence-corrected chi connectivity index (χ1v) is 7.06. The van der Waals surface area contributed by atoms with Crippen LogP contribution in [0.25, 0.3) is 0 Å². The van der Waals surface area contributed by atoms with Crippen molar-refractivity contribution in [3.05, 3.63) is 11.9 Å². The highest BCUT2D eigenvalue weighted by molar-refractivity contribution is 7.89. The quantitative estimate of drug-likeness (QED) is 0.766. The first-order chi connectivity index (χ1) is 8.37. The fourth-order valence-corrected chi connectivity index (χ4v) is 3.80. The molecule has 1 aliphatic heterocycles. The van der Waals surface area contributed by atoms with Crippen molar-refractivity contribution in [3.8, 4) is 0 Å². The number of carboxylic acids is 1. The molecule has 1 fully saturated rings. The fraction of sp³-hybridized carbons (Fsp3) is 0.667. The van der Waals surface area contributed by atoms with Crippen molar-refractivity contribution in [2.24, 2.45) is 5.92 Å². The van der Waals surface area contributed by atoms with Crippen molar-refractivity contribution in [2.75, 3.05) is 12.3 Å². The summed E-state index contributed by atoms with van der Waals surface area (Å²) in [6.07, 6.45) is 1.45. The molecule has 0 aromatic carbocycles. The molecule has 1 unspecified atom stereocenters. The first kappa shape index (κ1) is 13.0. The summed E-state index contributed by atoms with van der Waals surface area (Å²) in [6, 6.07) is 0. The van der Waals surface area contributed by atoms with Gasteiger partial charge in [-0.1, -0.05) is 12.1 Å². The van der Waals surface area contributed by atoms with E-state index in [1.807, 2.05) is 6.92 Å². The van der Waals surface area contributed by atoms with Gasteiger partial charge in [0.15, 0.2) is 0 Å². The van der Waals surface area contributed by atoms with Gasteiger partial charge >= 0.3 is 5.97 Å². The molecule has 1 aromatic rings. The summed E-state index contributed by atoms with van der Waals surface area (Å²) in [6.45, 7) is 2.20. The Balaban J connectivity index is 2.06. The normalized spacial score (nSPS) is 23.3. The zero-order valence-electron chi connectivity index (χ0n) is 9.85. The van der Waals surface area contributed by atoms with Crippen LogP contribution in [0, 0.1) is 5.92 Å². The van der Waals surface area contributed by atoms with Crippen LogP contribution in [0.2, 0.25) is 0 Å². The Morgan fingerprint density at radius 1 is 1.61 bits per heavy atom. The lowest BCUT2D eigenvalue weighted by Crippen LogP contribution is -2.25. The van der Waals surface area contributed by atoms with Gasteiger partial charge in [-0.25, -0.2) is 13.1 Å². The average Bonchev–Trinajstić information content (AvgIpc) is 2.71. The van der Waals surface area contributed by atoms with Crippen molar-refractivity contribution in [1.82, 2.24) is 19.3 Å². The summed E-state index contributed by atoms with van der Waals surface area (Å²) < 4.78 is 26.0. The lowest BCUT2D eigenvalue weighted by atomic mass is 10.2. The lowest BCUT2D eigenvalue weighted by Gasteiger charge is -2.11. The summed E-state index contributed by atoms with van der Waals surface area (Å²) >= 11 is 0. The van der Waals surface area contributed by atoms with E-state index in [-0.39, 0.29) is 24.8 Å². The van der Waals surface area contributed by atoms with Gasteiger partial charge in [-0.15, -0.1) is 5.10 Å². The second kappa shape index (κ2) is 4.65. The van der Waals surface area contributed by atoms with Gasteiger partial charge in [0.2, 0.25) is 10.0 Å². The molecule has 1 aromatic heterocycles. The number of aromatic nitrogens is 3. The minimum atomic E-state index is -3.21. The minimum Gasteiger partial charge on any atom is -0.480 e. The molecule has 0 amide bonds. The standard InChI is InChI=1S/C9H14N4O4S/c1-7-2-13(18(16,17)6-7)4-8-3-12(11-10-8)5-9(14)15/h3,7H,2,4-6H2,1H3,(H,14,15). The van der Waals surface area contributed by atoms with E-state index in [4.69, 9.17) is 5.11 Å². The minimum absolute atomic E-state index is 0.101. The summed E-state index contributed by atoms with van der Waals surface area (Å²) in [5, 5.41) is 16.0. The highest BCUT2D eigenvalue weighted by Gasteiger charge is 2.33. The Bertz CT molecular complexity index is 553. The average molecular weight is 274 g/mol. The second-order valence-corrected chi connectivity index (χ2v) is 6.49. The van der Waals surface area contributed by atoms with Gasteiger partial charge in [0.05, 0.1) is 24.2 Å². The van der Waals surface area contributed by atoms with E-state index < -0.39 is 16.0 Å². The molecule has 1 atom stereocenters. The number of carboxylic acid groups (broad SMARTS) is 1. The van der Waals surface area contributed by atoms with Crippen LogP contribution < -0.4 is 0 Å². The number of hydrogen-bond acceptors (Lipinski definition) is 5. The maximum Gasteiger partial charge on any atom is 0.325 e. The van der Waals surface area contributed by atoms with Gasteiger partial charge < -0.3 is 5.11 Å². The third-order valence-electron chi connectivity index (χ3n) is 2.63. The molecule has 1 N–H and O–H groups in total. The molecule has 0 aliphatic carbocycles. The monoisotopic (exact) mass is 274 g/mol. The van der Waals surface area contributed by atoms with E-state index >= 15 is 0 Å². The van der Waals surface area contributed by atoms with Gasteiger partial charge in [-0.2, -0.15) is 4.31 Å². The van der Waals surface area contributed by atoms with Crippen LogP contribution in [0.1, 0.15) is 12.6 Å². The Morgan fingerprint density at radius 2 is 2.33 bits per heavy atom. The van der Waals surface area contributed by atoms with Crippen LogP contribution in [0.3, 0.4) is 0 Å². The highest BCUT2D eigenvalue weighted by atomic mass is 32.2. The summed E-state index contributed by atoms with van der Waals surface area (Å²) in [5.41, 5.74) is 0.453. The van der Waals surface area contributed by atoms with E-state index in [1.165, 1.54) is 15.2 Å². The number of carbonyl (C=O) groups is 1. The molecule has 1 saturated heterocycles. The zero-order chi connectivity index (χ0) is 13.3. The molecule has 0 bridgehead atoms. The van der Waals surface area contributed by atoms with Gasteiger partial charge in [-0.05, 0) is 5.92 Å². The molecule has 1 aliphatic rings. The largest absolute Gasteiger partial charge is 0.480 e. The molecule has 0 spiro atoms. The van der Waals surface area contributed by atoms with Gasteiger partial charge in [-0.3, -0.25) is 4.79 Å². The third-order valence-corrected chi connectivity index (χ3v) is 4.68. The topological polar surface area (TPSA) is 105 Å². The van der Waals surface area contributed by atoms with Crippen molar-refractivity contribution in [2.45, 2.75) is 20.0 Å². The van der Waals surface area contributed by atoms with E-state index in [0.29, 0.717) is 12.2 Å². The van der Waals surface area contributed by atoms with Crippen LogP contribution in [-0.4, -0.2) is 51.1 Å². The zero-order valence-corrected chi connectivity index (χ0v) is 10.7. The van der Waals surface area contributed by atoms with E-state index in [2.05, 4.69) is 10.3 Å². The van der Waals surface area contributed by atoms with Crippen molar-refractivity contribution in [1.29, 1.82) is 0 Å². The molecule has 0 saturated carbocycles. The van der Waals surface area contributed by atoms with Crippen LogP contribution in [0.5, 0.6) is 0 Å². The highest BCUT2D eigenvalue weighted by Crippen LogP contribution is 2.20. The fourth-order valence-electron chi connectivity index (χ4n) is 1.95. The number of aliphatic carboxylic acids is 1. The van der Waals surface area contributed by atoms with Gasteiger partial charge in [0.25, 0.3) is 0 Å². The number of rotatable bonds is 4. The Labute approximate surface area is 104 Å². The molecular weight excluding hydrogens is 260 g/mol. The summed E-state index contributed by atoms with van der Waals surface area (Å²) in [4.78, 5) is 10.5. The molecule has 18 heavy (non-hydrogen) atoms. The first-order valence-electron chi connectivity index (χ1n) is 5.45. The molecule has 8 nitrogen and oxygen atoms in total. The molecule has 2 rings (SSSR count). The molecule has 9 heteroatoms. The van der Waals surface area contributed by atoms with Crippen molar-refractivity contribution < 1.29 is 18.3 Å². The Hall–Kier alpha value is -1.48. The van der Waals surface area contributed by atoms with Gasteiger partial charge in [0.1, 0.15) is 6.54 Å². The van der Waals surface area contributed by atoms with E-state index in [9.17, 15) is 13.2 Å². The van der Waals surface area contributed by atoms with E-state index in [0.717, 1.165) is 0 Å². The summed E-state index contributed by atoms with van der Waals surface area (Å²) in [7, 11) is -3.21. The Kier molecular flexibility index (Phi) is 3.35. The van der Waals surface area contributed by atoms with Crippen LogP contribution in [0.15, 0.2) is 6.20 Å². The van der Waals surface area contributed by atoms with Crippen LogP contribution >= 0.6 is 0 Å². The Morgan fingerprint density at radius 3 is 2.89 bits per heavy atom. The maximum atomic E-state index is 11.7. The predicted octanol–water partition coefficient (Wildman–Crippen LogP) is -0.856. The summed E-state index contributed by atoms with van der Waals surface area (Å²) in [5.74, 6) is -0.770.